The fraction of sp³-hybridized carbons (Fsp3) is 0.231. The van der Waals surface area contributed by atoms with Crippen molar-refractivity contribution in [2.45, 2.75) is 12.8 Å². The van der Waals surface area contributed by atoms with Crippen molar-refractivity contribution < 1.29 is 39.8 Å². The topological polar surface area (TPSA) is 106 Å². The van der Waals surface area contributed by atoms with Crippen LogP contribution in [0.3, 0.4) is 0 Å². The first-order valence-electron chi connectivity index (χ1n) is 12.0. The van der Waals surface area contributed by atoms with Gasteiger partial charge in [-0.2, -0.15) is 17.8 Å². The summed E-state index contributed by atoms with van der Waals surface area (Å²) in [6.45, 7) is 1.63. The van der Waals surface area contributed by atoms with E-state index in [-0.39, 0.29) is 16.9 Å². The Morgan fingerprint density at radius 1 is 1.07 bits per heavy atom. The van der Waals surface area contributed by atoms with Crippen molar-refractivity contribution in [2.24, 2.45) is 0 Å². The average molecular weight is 598 g/mol. The summed E-state index contributed by atoms with van der Waals surface area (Å²) in [5, 5.41) is 10.7. The molecule has 0 spiro atoms. The zero-order chi connectivity index (χ0) is 29.6. The minimum Gasteiger partial charge on any atom is -0.497 e. The maximum Gasteiger partial charge on any atom is 0.573 e. The van der Waals surface area contributed by atoms with E-state index >= 15 is 0 Å². The molecule has 0 aliphatic carbocycles. The molecule has 0 atom stereocenters. The standard InChI is InChI=1S/C14H9F5O2.C12H15N5O2S/c1-20-9-3-5-11(15)10(7-9)8-2-4-12(16)13(6-8)21-14(17,18)19;18-20(19,16-12-4-2-7-14-15-12)17-8-5-11-10(9-17)3-1-6-13-11/h2-7H,1H3;1-4,7,13H,5-6,8-9H2,(H,15,16). The van der Waals surface area contributed by atoms with Crippen LogP contribution in [-0.2, 0) is 10.2 Å². The van der Waals surface area contributed by atoms with Crippen LogP contribution in [0.1, 0.15) is 6.42 Å². The Kier molecular flexibility index (Phi) is 9.08. The predicted molar refractivity (Wildman–Crippen MR) is 140 cm³/mol. The molecular formula is C26H24F5N5O4S. The molecule has 2 aliphatic rings. The third kappa shape index (κ3) is 7.91. The van der Waals surface area contributed by atoms with Gasteiger partial charge in [0, 0.05) is 43.5 Å². The predicted octanol–water partition coefficient (Wildman–Crippen LogP) is 4.79. The van der Waals surface area contributed by atoms with E-state index in [0.29, 0.717) is 25.3 Å². The number of anilines is 1. The smallest absolute Gasteiger partial charge is 0.497 e. The minimum absolute atomic E-state index is 0.0265. The molecule has 9 nitrogen and oxygen atoms in total. The molecule has 0 amide bonds. The van der Waals surface area contributed by atoms with E-state index in [9.17, 15) is 30.4 Å². The van der Waals surface area contributed by atoms with Crippen molar-refractivity contribution in [3.8, 4) is 22.6 Å². The summed E-state index contributed by atoms with van der Waals surface area (Å²) in [4.78, 5) is 0. The molecule has 0 unspecified atom stereocenters. The molecule has 0 radical (unpaired) electrons. The van der Waals surface area contributed by atoms with E-state index in [1.165, 1.54) is 29.7 Å². The number of hydrogen-bond donors (Lipinski definition) is 2. The van der Waals surface area contributed by atoms with Crippen molar-refractivity contribution >= 4 is 16.0 Å². The normalized spacial score (nSPS) is 15.3. The highest BCUT2D eigenvalue weighted by atomic mass is 32.2. The maximum atomic E-state index is 13.7. The van der Waals surface area contributed by atoms with Gasteiger partial charge in [0.1, 0.15) is 11.6 Å². The molecular weight excluding hydrogens is 573 g/mol. The molecule has 15 heteroatoms. The zero-order valence-electron chi connectivity index (χ0n) is 21.5. The number of benzene rings is 2. The van der Waals surface area contributed by atoms with Crippen LogP contribution in [0.5, 0.6) is 11.5 Å². The second-order valence-electron chi connectivity index (χ2n) is 8.63. The number of rotatable bonds is 6. The van der Waals surface area contributed by atoms with Crippen molar-refractivity contribution in [1.29, 1.82) is 0 Å². The largest absolute Gasteiger partial charge is 0.573 e. The minimum atomic E-state index is -5.04. The van der Waals surface area contributed by atoms with Crippen LogP contribution in [-0.4, -0.2) is 56.0 Å². The van der Waals surface area contributed by atoms with Crippen LogP contribution in [0.4, 0.5) is 27.8 Å². The lowest BCUT2D eigenvalue weighted by Crippen LogP contribution is -2.42. The summed E-state index contributed by atoms with van der Waals surface area (Å²) in [6, 6.07) is 9.65. The van der Waals surface area contributed by atoms with Crippen molar-refractivity contribution in [3.63, 3.8) is 0 Å². The fourth-order valence-electron chi connectivity index (χ4n) is 3.98. The Labute approximate surface area is 232 Å². The van der Waals surface area contributed by atoms with Gasteiger partial charge in [-0.1, -0.05) is 18.2 Å². The van der Waals surface area contributed by atoms with Gasteiger partial charge in [-0.15, -0.1) is 18.3 Å². The van der Waals surface area contributed by atoms with Gasteiger partial charge in [-0.25, -0.2) is 8.78 Å². The van der Waals surface area contributed by atoms with E-state index in [1.807, 2.05) is 12.2 Å². The SMILES string of the molecule is COc1ccc(F)c(-c2ccc(F)c(OC(F)(F)F)c2)c1.O=S(=O)(Nc1cccnn1)N1CCC2=C(C=CCN2)C1. The molecule has 3 heterocycles. The molecule has 0 fully saturated rings. The molecule has 0 bridgehead atoms. The van der Waals surface area contributed by atoms with Crippen molar-refractivity contribution in [3.05, 3.63) is 89.8 Å². The van der Waals surface area contributed by atoms with Crippen LogP contribution in [0, 0.1) is 11.6 Å². The lowest BCUT2D eigenvalue weighted by molar-refractivity contribution is -0.275. The van der Waals surface area contributed by atoms with Crippen LogP contribution >= 0.6 is 0 Å². The molecule has 1 aromatic heterocycles. The Bertz CT molecular complexity index is 1550. The summed E-state index contributed by atoms with van der Waals surface area (Å²) < 4.78 is 101. The molecule has 218 valence electrons. The number of dihydropyridines is 1. The zero-order valence-corrected chi connectivity index (χ0v) is 22.3. The average Bonchev–Trinajstić information content (AvgIpc) is 2.94. The van der Waals surface area contributed by atoms with E-state index < -0.39 is 34.0 Å². The van der Waals surface area contributed by atoms with Crippen LogP contribution in [0.25, 0.3) is 11.1 Å². The highest BCUT2D eigenvalue weighted by Crippen LogP contribution is 2.33. The van der Waals surface area contributed by atoms with E-state index in [2.05, 4.69) is 25.0 Å². The van der Waals surface area contributed by atoms with Gasteiger partial charge < -0.3 is 14.8 Å². The Hall–Kier alpha value is -4.24. The lowest BCUT2D eigenvalue weighted by atomic mass is 10.0. The molecule has 5 rings (SSSR count). The Morgan fingerprint density at radius 2 is 1.85 bits per heavy atom. The van der Waals surface area contributed by atoms with E-state index in [1.54, 1.807) is 12.1 Å². The maximum absolute atomic E-state index is 13.7. The summed E-state index contributed by atoms with van der Waals surface area (Å²) in [7, 11) is -2.24. The van der Waals surface area contributed by atoms with Gasteiger partial charge in [0.05, 0.1) is 7.11 Å². The quantitative estimate of drug-likeness (QED) is 0.394. The molecule has 0 saturated heterocycles. The molecule has 0 saturated carbocycles. The number of ether oxygens (including phenoxy) is 2. The van der Waals surface area contributed by atoms with Crippen LogP contribution in [0.15, 0.2) is 78.1 Å². The van der Waals surface area contributed by atoms with Gasteiger partial charge in [0.2, 0.25) is 0 Å². The van der Waals surface area contributed by atoms with Crippen LogP contribution < -0.4 is 19.5 Å². The van der Waals surface area contributed by atoms with Crippen molar-refractivity contribution in [1.82, 2.24) is 19.8 Å². The summed E-state index contributed by atoms with van der Waals surface area (Å²) in [5.41, 5.74) is 2.17. The van der Waals surface area contributed by atoms with Gasteiger partial charge in [-0.3, -0.25) is 4.72 Å². The van der Waals surface area contributed by atoms with E-state index in [0.717, 1.165) is 42.1 Å². The first kappa shape index (κ1) is 29.7. The monoisotopic (exact) mass is 597 g/mol. The lowest BCUT2D eigenvalue weighted by Gasteiger charge is -2.30. The highest BCUT2D eigenvalue weighted by Gasteiger charge is 2.32. The number of methoxy groups -OCH3 is 1. The third-order valence-corrected chi connectivity index (χ3v) is 7.34. The van der Waals surface area contributed by atoms with Gasteiger partial charge in [0.15, 0.2) is 17.4 Å². The molecule has 2 N–H and O–H groups in total. The molecule has 41 heavy (non-hydrogen) atoms. The van der Waals surface area contributed by atoms with Gasteiger partial charge in [0.25, 0.3) is 0 Å². The van der Waals surface area contributed by atoms with E-state index in [4.69, 9.17) is 4.74 Å². The number of hydrogen-bond acceptors (Lipinski definition) is 7. The molecule has 2 aliphatic heterocycles. The third-order valence-electron chi connectivity index (χ3n) is 5.89. The molecule has 3 aromatic rings. The summed E-state index contributed by atoms with van der Waals surface area (Å²) >= 11 is 0. The highest BCUT2D eigenvalue weighted by molar-refractivity contribution is 7.90. The van der Waals surface area contributed by atoms with Gasteiger partial charge in [-0.05, 0) is 53.6 Å². The summed E-state index contributed by atoms with van der Waals surface area (Å²) in [5.74, 6) is -2.36. The Morgan fingerprint density at radius 3 is 2.56 bits per heavy atom. The molecule has 2 aromatic carbocycles. The summed E-state index contributed by atoms with van der Waals surface area (Å²) in [6.07, 6.45) is 1.13. The van der Waals surface area contributed by atoms with Crippen LogP contribution in [0.2, 0.25) is 0 Å². The fourth-order valence-corrected chi connectivity index (χ4v) is 5.13. The number of nitrogens with one attached hydrogen (secondary N) is 2. The Balaban J connectivity index is 0.000000189. The first-order chi connectivity index (χ1) is 19.4. The second-order valence-corrected chi connectivity index (χ2v) is 10.3. The van der Waals surface area contributed by atoms with Gasteiger partial charge >= 0.3 is 16.6 Å². The number of halogens is 5. The second kappa shape index (κ2) is 12.5. The first-order valence-corrected chi connectivity index (χ1v) is 13.5. The number of alkyl halides is 3. The van der Waals surface area contributed by atoms with Crippen molar-refractivity contribution in [2.75, 3.05) is 31.5 Å². The number of nitrogens with zero attached hydrogens (tertiary/aromatic N) is 3. The number of aromatic nitrogens is 2.